The lowest BCUT2D eigenvalue weighted by Crippen LogP contribution is -2.13. The van der Waals surface area contributed by atoms with Crippen LogP contribution in [-0.4, -0.2) is 10.8 Å². The SMILES string of the molecule is N/C(=N\C(=C/Nc1cccc2c1sc1ccccc12)c1cccc(-c2nc3c(-c4ccc(-c5ccccc5)cc4)cccc3c3c2sc2ccccc23)c1)c1ccccc1. The lowest BCUT2D eigenvalue weighted by molar-refractivity contribution is 1.41. The molecular weight excluding hydrogens is 769 g/mol. The molecule has 11 rings (SSSR count). The lowest BCUT2D eigenvalue weighted by atomic mass is 9.96. The number of nitrogens with one attached hydrogen (secondary N) is 1. The molecule has 0 unspecified atom stereocenters. The summed E-state index contributed by atoms with van der Waals surface area (Å²) in [4.78, 5) is 10.7. The van der Waals surface area contributed by atoms with Crippen LogP contribution in [0.25, 0.3) is 90.5 Å². The van der Waals surface area contributed by atoms with E-state index in [-0.39, 0.29) is 0 Å². The Kier molecular flexibility index (Phi) is 8.99. The van der Waals surface area contributed by atoms with Crippen LogP contribution in [0.15, 0.2) is 205 Å². The van der Waals surface area contributed by atoms with Gasteiger partial charge in [-0.15, -0.1) is 22.7 Å². The number of anilines is 1. The number of fused-ring (bicyclic) bond motifs is 8. The van der Waals surface area contributed by atoms with E-state index in [2.05, 4.69) is 169 Å². The highest BCUT2D eigenvalue weighted by molar-refractivity contribution is 7.26. The van der Waals surface area contributed by atoms with E-state index in [9.17, 15) is 0 Å². The van der Waals surface area contributed by atoms with Crippen molar-refractivity contribution in [2.45, 2.75) is 0 Å². The predicted molar refractivity (Wildman–Crippen MR) is 259 cm³/mol. The number of hydrogen-bond acceptors (Lipinski definition) is 5. The van der Waals surface area contributed by atoms with E-state index < -0.39 is 0 Å². The third-order valence-corrected chi connectivity index (χ3v) is 13.6. The molecule has 0 fully saturated rings. The summed E-state index contributed by atoms with van der Waals surface area (Å²) in [5, 5.41) is 9.74. The number of nitrogens with two attached hydrogens (primary N) is 1. The molecule has 3 aromatic heterocycles. The first-order valence-electron chi connectivity index (χ1n) is 19.9. The molecule has 60 heavy (non-hydrogen) atoms. The first-order valence-corrected chi connectivity index (χ1v) is 21.6. The molecule has 284 valence electrons. The molecule has 11 aromatic rings. The monoisotopic (exact) mass is 804 g/mol. The molecule has 0 aliphatic rings. The molecule has 0 radical (unpaired) electrons. The number of pyridine rings is 1. The highest BCUT2D eigenvalue weighted by Gasteiger charge is 2.19. The topological polar surface area (TPSA) is 63.3 Å². The standard InChI is InChI=1S/C54H36N4S2/c55-54(37-16-5-2-6-17-37)57-46(33-56-45-25-13-23-42-41-20-7-9-26-47(41)59-52(42)45)38-18-11-19-39(32-38)50-53-49(43-21-8-10-27-48(43)60-53)44-24-12-22-40(51(44)58-50)36-30-28-35(29-31-36)34-14-3-1-4-15-34/h1-33,56H,(H2,55,57)/b46-33-. The van der Waals surface area contributed by atoms with Gasteiger partial charge >= 0.3 is 0 Å². The molecule has 0 aliphatic heterocycles. The van der Waals surface area contributed by atoms with Crippen LogP contribution >= 0.6 is 22.7 Å². The van der Waals surface area contributed by atoms with Crippen LogP contribution in [0.3, 0.4) is 0 Å². The average Bonchev–Trinajstić information content (AvgIpc) is 3.90. The second kappa shape index (κ2) is 15.1. The van der Waals surface area contributed by atoms with Crippen molar-refractivity contribution in [2.24, 2.45) is 10.7 Å². The Balaban J connectivity index is 1.08. The highest BCUT2D eigenvalue weighted by Crippen LogP contribution is 2.45. The van der Waals surface area contributed by atoms with E-state index in [1.54, 1.807) is 22.7 Å². The second-order valence-corrected chi connectivity index (χ2v) is 16.9. The highest BCUT2D eigenvalue weighted by atomic mass is 32.1. The van der Waals surface area contributed by atoms with Gasteiger partial charge in [0.2, 0.25) is 0 Å². The van der Waals surface area contributed by atoms with Crippen molar-refractivity contribution in [3.63, 3.8) is 0 Å². The molecule has 0 atom stereocenters. The van der Waals surface area contributed by atoms with Crippen LogP contribution in [0.5, 0.6) is 0 Å². The second-order valence-electron chi connectivity index (χ2n) is 14.8. The maximum Gasteiger partial charge on any atom is 0.131 e. The van der Waals surface area contributed by atoms with Gasteiger partial charge in [0.05, 0.1) is 32.0 Å². The molecular formula is C54H36N4S2. The number of amidine groups is 1. The van der Waals surface area contributed by atoms with Gasteiger partial charge in [-0.05, 0) is 41.0 Å². The van der Waals surface area contributed by atoms with E-state index in [0.717, 1.165) is 54.8 Å². The number of aliphatic imine (C=N–C) groups is 1. The van der Waals surface area contributed by atoms with Crippen molar-refractivity contribution < 1.29 is 0 Å². The summed E-state index contributed by atoms with van der Waals surface area (Å²) in [7, 11) is 0. The van der Waals surface area contributed by atoms with Crippen LogP contribution in [0, 0.1) is 0 Å². The van der Waals surface area contributed by atoms with Gasteiger partial charge in [0.25, 0.3) is 0 Å². The summed E-state index contributed by atoms with van der Waals surface area (Å²) in [6.45, 7) is 0. The van der Waals surface area contributed by atoms with Gasteiger partial charge in [-0.2, -0.15) is 0 Å². The van der Waals surface area contributed by atoms with E-state index in [4.69, 9.17) is 15.7 Å². The molecule has 3 heterocycles. The van der Waals surface area contributed by atoms with Gasteiger partial charge in [0.1, 0.15) is 5.84 Å². The molecule has 8 aromatic carbocycles. The lowest BCUT2D eigenvalue weighted by Gasteiger charge is -2.13. The molecule has 4 nitrogen and oxygen atoms in total. The quantitative estimate of drug-likeness (QED) is 0.119. The van der Waals surface area contributed by atoms with Gasteiger partial charge in [0.15, 0.2) is 0 Å². The number of hydrogen-bond donors (Lipinski definition) is 2. The Labute approximate surface area is 355 Å². The third kappa shape index (κ3) is 6.39. The largest absolute Gasteiger partial charge is 0.383 e. The summed E-state index contributed by atoms with van der Waals surface area (Å²) in [5.41, 5.74) is 17.8. The van der Waals surface area contributed by atoms with Gasteiger partial charge in [0, 0.05) is 64.8 Å². The maximum absolute atomic E-state index is 6.76. The summed E-state index contributed by atoms with van der Waals surface area (Å²) in [6, 6.07) is 68.1. The fraction of sp³-hybridized carbons (Fsp3) is 0. The maximum atomic E-state index is 6.76. The van der Waals surface area contributed by atoms with E-state index >= 15 is 0 Å². The van der Waals surface area contributed by atoms with E-state index in [0.29, 0.717) is 11.5 Å². The normalized spacial score (nSPS) is 12.3. The number of para-hydroxylation sites is 1. The van der Waals surface area contributed by atoms with Gasteiger partial charge < -0.3 is 11.1 Å². The van der Waals surface area contributed by atoms with Crippen LogP contribution < -0.4 is 11.1 Å². The predicted octanol–water partition coefficient (Wildman–Crippen LogP) is 14.8. The fourth-order valence-electron chi connectivity index (χ4n) is 8.23. The molecule has 0 aliphatic carbocycles. The Hall–Kier alpha value is -7.38. The zero-order chi connectivity index (χ0) is 40.0. The summed E-state index contributed by atoms with van der Waals surface area (Å²) in [6.07, 6.45) is 1.98. The zero-order valence-electron chi connectivity index (χ0n) is 32.3. The van der Waals surface area contributed by atoms with Crippen molar-refractivity contribution in [2.75, 3.05) is 5.32 Å². The molecule has 0 spiro atoms. The molecule has 0 amide bonds. The summed E-state index contributed by atoms with van der Waals surface area (Å²) >= 11 is 3.59. The Morgan fingerprint density at radius 2 is 1.08 bits per heavy atom. The van der Waals surface area contributed by atoms with Gasteiger partial charge in [-0.3, -0.25) is 0 Å². The van der Waals surface area contributed by atoms with Crippen molar-refractivity contribution >= 4 is 91.1 Å². The molecule has 0 saturated heterocycles. The van der Waals surface area contributed by atoms with Crippen LogP contribution in [-0.2, 0) is 0 Å². The molecule has 3 N–H and O–H groups in total. The van der Waals surface area contributed by atoms with E-state index in [1.807, 2.05) is 36.5 Å². The van der Waals surface area contributed by atoms with Gasteiger partial charge in [-0.25, -0.2) is 9.98 Å². The Bertz CT molecular complexity index is 3450. The van der Waals surface area contributed by atoms with Gasteiger partial charge in [-0.1, -0.05) is 170 Å². The minimum Gasteiger partial charge on any atom is -0.383 e. The minimum atomic E-state index is 0.438. The fourth-order valence-corrected chi connectivity index (χ4v) is 10.6. The van der Waals surface area contributed by atoms with Crippen molar-refractivity contribution in [3.8, 4) is 33.5 Å². The van der Waals surface area contributed by atoms with Crippen molar-refractivity contribution in [3.05, 3.63) is 211 Å². The average molecular weight is 805 g/mol. The smallest absolute Gasteiger partial charge is 0.131 e. The Morgan fingerprint density at radius 1 is 0.500 bits per heavy atom. The molecule has 0 saturated carbocycles. The first-order chi connectivity index (χ1) is 29.7. The Morgan fingerprint density at radius 3 is 1.90 bits per heavy atom. The number of thiophene rings is 2. The number of benzene rings is 8. The minimum absolute atomic E-state index is 0.438. The van der Waals surface area contributed by atoms with Crippen molar-refractivity contribution in [1.82, 2.24) is 4.98 Å². The summed E-state index contributed by atoms with van der Waals surface area (Å²) < 4.78 is 4.84. The van der Waals surface area contributed by atoms with Crippen LogP contribution in [0.1, 0.15) is 11.1 Å². The van der Waals surface area contributed by atoms with E-state index in [1.165, 1.54) is 46.8 Å². The third-order valence-electron chi connectivity index (χ3n) is 11.2. The van der Waals surface area contributed by atoms with Crippen LogP contribution in [0.2, 0.25) is 0 Å². The number of nitrogens with zero attached hydrogens (tertiary/aromatic N) is 2. The van der Waals surface area contributed by atoms with Crippen molar-refractivity contribution in [1.29, 1.82) is 0 Å². The number of rotatable bonds is 8. The zero-order valence-corrected chi connectivity index (χ0v) is 34.0. The first kappa shape index (κ1) is 35.8. The summed E-state index contributed by atoms with van der Waals surface area (Å²) in [5.74, 6) is 0.438. The molecule has 0 bridgehead atoms. The number of aromatic nitrogens is 1. The molecule has 6 heteroatoms. The van der Waals surface area contributed by atoms with Crippen LogP contribution in [0.4, 0.5) is 5.69 Å².